The molecule has 0 bridgehead atoms. The fourth-order valence-corrected chi connectivity index (χ4v) is 6.94. The molecule has 0 spiro atoms. The Bertz CT molecular complexity index is 1420. The van der Waals surface area contributed by atoms with E-state index in [-0.39, 0.29) is 5.82 Å². The minimum absolute atomic E-state index is 0.0594. The van der Waals surface area contributed by atoms with Crippen LogP contribution in [0.25, 0.3) is 0 Å². The van der Waals surface area contributed by atoms with Gasteiger partial charge in [0.05, 0.1) is 28.6 Å². The normalized spacial score (nSPS) is 25.0. The van der Waals surface area contributed by atoms with Gasteiger partial charge in [-0.25, -0.2) is 23.3 Å². The van der Waals surface area contributed by atoms with Crippen LogP contribution in [0, 0.1) is 0 Å². The van der Waals surface area contributed by atoms with Crippen LogP contribution in [0.1, 0.15) is 34.4 Å². The van der Waals surface area contributed by atoms with Crippen LogP contribution in [0.5, 0.6) is 0 Å². The molecule has 14 heteroatoms. The molecule has 2 fully saturated rings. The van der Waals surface area contributed by atoms with Gasteiger partial charge in [-0.3, -0.25) is 4.79 Å². The maximum Gasteiger partial charge on any atom is 0.416 e. The number of alkyl halides is 3. The van der Waals surface area contributed by atoms with Gasteiger partial charge >= 0.3 is 11.3 Å². The number of benzene rings is 1. The number of nitrogens with one attached hydrogen (secondary N) is 2. The van der Waals surface area contributed by atoms with Crippen LogP contribution in [0.3, 0.4) is 0 Å². The molecule has 5 heterocycles. The minimum Gasteiger partial charge on any atom is -0.349 e. The van der Waals surface area contributed by atoms with Crippen LogP contribution in [-0.2, 0) is 27.5 Å². The quantitative estimate of drug-likeness (QED) is 0.387. The van der Waals surface area contributed by atoms with Crippen molar-refractivity contribution in [3.63, 3.8) is 0 Å². The Hall–Kier alpha value is -3.13. The maximum absolute atomic E-state index is 13.0. The van der Waals surface area contributed by atoms with Crippen molar-refractivity contribution in [3.8, 4) is 0 Å². The molecule has 3 aliphatic heterocycles. The summed E-state index contributed by atoms with van der Waals surface area (Å²) in [5.74, 6) is 0.995. The molecule has 38 heavy (non-hydrogen) atoms. The first-order valence-corrected chi connectivity index (χ1v) is 13.8. The van der Waals surface area contributed by atoms with Gasteiger partial charge in [-0.1, -0.05) is 11.6 Å². The molecular weight excluding hydrogens is 545 g/mol. The SMILES string of the molecule is CC12OS1(CCNC(=O)c1nc3c(c(Nc4ccc(C(F)(F)F)cc4)n1)CCN(c1ncccc1Cl)C3)O2. The highest BCUT2D eigenvalue weighted by atomic mass is 35.5. The van der Waals surface area contributed by atoms with E-state index in [1.165, 1.54) is 12.1 Å². The Morgan fingerprint density at radius 1 is 1.21 bits per heavy atom. The van der Waals surface area contributed by atoms with E-state index in [1.807, 2.05) is 11.8 Å². The first kappa shape index (κ1) is 25.2. The number of carbonyl (C=O) groups excluding carboxylic acids is 1. The standard InChI is InChI=1S/C24H22ClF3N6O3S/c1-23-36-38(23,37-23)12-10-30-22(35)20-32-18-13-34(21-17(25)3-2-9-29-21)11-8-16(18)19(33-20)31-15-6-4-14(5-7-15)24(26,27)28/h2-7,9H,8,10-13H2,1H3,(H,30,35)(H,31,32,33). The van der Waals surface area contributed by atoms with E-state index in [4.69, 9.17) is 20.0 Å². The number of nitrogens with zero attached hydrogens (tertiary/aromatic N) is 4. The summed E-state index contributed by atoms with van der Waals surface area (Å²) >= 11 is 6.35. The van der Waals surface area contributed by atoms with Crippen molar-refractivity contribution < 1.29 is 26.3 Å². The molecule has 1 amide bonds. The topological polar surface area (TPSA) is 108 Å². The Labute approximate surface area is 222 Å². The number of fused-ring (bicyclic) bond motifs is 2. The lowest BCUT2D eigenvalue weighted by Crippen LogP contribution is -2.34. The zero-order valence-electron chi connectivity index (χ0n) is 20.0. The smallest absolute Gasteiger partial charge is 0.349 e. The Kier molecular flexibility index (Phi) is 5.94. The molecule has 0 aliphatic carbocycles. The van der Waals surface area contributed by atoms with Gasteiger partial charge in [-0.15, -0.1) is 10.6 Å². The number of amides is 1. The lowest BCUT2D eigenvalue weighted by atomic mass is 10.0. The number of anilines is 3. The van der Waals surface area contributed by atoms with Gasteiger partial charge in [0.2, 0.25) is 5.82 Å². The molecule has 2 aromatic heterocycles. The van der Waals surface area contributed by atoms with Gasteiger partial charge in [0.1, 0.15) is 11.6 Å². The van der Waals surface area contributed by atoms with Crippen molar-refractivity contribution in [1.29, 1.82) is 0 Å². The van der Waals surface area contributed by atoms with Crippen LogP contribution < -0.4 is 15.5 Å². The summed E-state index contributed by atoms with van der Waals surface area (Å²) in [6, 6.07) is 8.11. The average Bonchev–Trinajstić information content (AvgIpc) is 3.67. The summed E-state index contributed by atoms with van der Waals surface area (Å²) in [7, 11) is -1.48. The van der Waals surface area contributed by atoms with E-state index in [9.17, 15) is 18.0 Å². The number of rotatable bonds is 7. The summed E-state index contributed by atoms with van der Waals surface area (Å²) in [4.78, 5) is 28.3. The highest BCUT2D eigenvalue weighted by Crippen LogP contribution is 2.96. The Morgan fingerprint density at radius 3 is 2.61 bits per heavy atom. The monoisotopic (exact) mass is 566 g/mol. The Balaban J connectivity index is 1.26. The summed E-state index contributed by atoms with van der Waals surface area (Å²) in [5.41, 5.74) is 1.01. The lowest BCUT2D eigenvalue weighted by molar-refractivity contribution is -0.137. The first-order chi connectivity index (χ1) is 18.1. The van der Waals surface area contributed by atoms with Gasteiger partial charge in [0.25, 0.3) is 5.91 Å². The molecule has 6 rings (SSSR count). The highest BCUT2D eigenvalue weighted by Gasteiger charge is 2.81. The summed E-state index contributed by atoms with van der Waals surface area (Å²) < 4.78 is 50.0. The molecule has 0 saturated carbocycles. The summed E-state index contributed by atoms with van der Waals surface area (Å²) in [6.45, 7) is 3.09. The second-order valence-corrected chi connectivity index (χ2v) is 12.2. The van der Waals surface area contributed by atoms with Gasteiger partial charge < -0.3 is 15.5 Å². The number of halogens is 4. The van der Waals surface area contributed by atoms with Crippen molar-refractivity contribution >= 4 is 45.4 Å². The first-order valence-electron chi connectivity index (χ1n) is 11.8. The molecule has 1 aromatic carbocycles. The number of hydrogen-bond donors (Lipinski definition) is 2. The van der Waals surface area contributed by atoms with Gasteiger partial charge in [-0.05, 0) is 42.8 Å². The predicted molar refractivity (Wildman–Crippen MR) is 136 cm³/mol. The average molecular weight is 567 g/mol. The highest BCUT2D eigenvalue weighted by molar-refractivity contribution is 8.36. The molecule has 9 nitrogen and oxygen atoms in total. The van der Waals surface area contributed by atoms with Crippen molar-refractivity contribution in [1.82, 2.24) is 20.3 Å². The molecule has 3 aliphatic rings. The van der Waals surface area contributed by atoms with E-state index in [1.54, 1.807) is 18.3 Å². The third kappa shape index (κ3) is 4.64. The molecule has 3 aromatic rings. The number of carbonyl (C=O) groups is 1. The van der Waals surface area contributed by atoms with E-state index in [2.05, 4.69) is 25.6 Å². The fourth-order valence-electron chi connectivity index (χ4n) is 4.41. The molecule has 0 atom stereocenters. The van der Waals surface area contributed by atoms with Crippen LogP contribution in [0.2, 0.25) is 5.02 Å². The number of aromatic nitrogens is 3. The number of hydrogen-bond acceptors (Lipinski definition) is 8. The van der Waals surface area contributed by atoms with E-state index in [0.29, 0.717) is 59.8 Å². The van der Waals surface area contributed by atoms with Crippen LogP contribution in [-0.4, -0.2) is 44.8 Å². The largest absolute Gasteiger partial charge is 0.416 e. The van der Waals surface area contributed by atoms with Gasteiger partial charge in [0.15, 0.2) is 0 Å². The minimum atomic E-state index is -4.44. The zero-order chi connectivity index (χ0) is 26.7. The maximum atomic E-state index is 13.0. The molecule has 2 N–H and O–H groups in total. The summed E-state index contributed by atoms with van der Waals surface area (Å²) in [5, 5.41) is 5.93. The second-order valence-electron chi connectivity index (χ2n) is 9.11. The van der Waals surface area contributed by atoms with E-state index < -0.39 is 33.4 Å². The van der Waals surface area contributed by atoms with Crippen molar-refractivity contribution in [2.45, 2.75) is 31.2 Å². The van der Waals surface area contributed by atoms with Crippen molar-refractivity contribution in [2.75, 3.05) is 29.1 Å². The van der Waals surface area contributed by atoms with Crippen molar-refractivity contribution in [3.05, 3.63) is 70.3 Å². The molecule has 0 unspecified atom stereocenters. The molecule has 2 saturated heterocycles. The van der Waals surface area contributed by atoms with Crippen molar-refractivity contribution in [2.24, 2.45) is 0 Å². The number of pyridine rings is 1. The zero-order valence-corrected chi connectivity index (χ0v) is 21.6. The molecular formula is C24H22ClF3N6O3S. The van der Waals surface area contributed by atoms with E-state index in [0.717, 1.165) is 17.7 Å². The third-order valence-electron chi connectivity index (χ3n) is 6.52. The lowest BCUT2D eigenvalue weighted by Gasteiger charge is -2.30. The third-order valence-corrected chi connectivity index (χ3v) is 9.73. The Morgan fingerprint density at radius 2 is 1.95 bits per heavy atom. The second kappa shape index (κ2) is 8.97. The van der Waals surface area contributed by atoms with E-state index >= 15 is 0 Å². The van der Waals surface area contributed by atoms with Crippen LogP contribution in [0.4, 0.5) is 30.5 Å². The van der Waals surface area contributed by atoms with Crippen LogP contribution >= 0.6 is 22.2 Å². The van der Waals surface area contributed by atoms with Gasteiger partial charge in [0, 0.05) is 37.5 Å². The molecule has 200 valence electrons. The fraction of sp³-hybridized carbons (Fsp3) is 0.333. The van der Waals surface area contributed by atoms with Gasteiger partial charge in [-0.2, -0.15) is 13.2 Å². The molecule has 0 radical (unpaired) electrons. The van der Waals surface area contributed by atoms with Crippen LogP contribution in [0.15, 0.2) is 42.6 Å². The summed E-state index contributed by atoms with van der Waals surface area (Å²) in [6.07, 6.45) is -2.29. The predicted octanol–water partition coefficient (Wildman–Crippen LogP) is 4.95.